The fraction of sp³-hybridized carbons (Fsp3) is 0.200. The van der Waals surface area contributed by atoms with E-state index in [1.807, 2.05) is 24.3 Å². The molecule has 7 heteroatoms. The lowest BCUT2D eigenvalue weighted by atomic mass is 10.0. The predicted octanol–water partition coefficient (Wildman–Crippen LogP) is 6.76. The zero-order valence-electron chi connectivity index (χ0n) is 17.1. The smallest absolute Gasteiger partial charge is 0.123 e. The topological polar surface area (TPSA) is 39.9 Å². The normalized spacial score (nSPS) is 15.2. The zero-order chi connectivity index (χ0) is 22.1. The van der Waals surface area contributed by atoms with E-state index in [1.165, 1.54) is 12.1 Å². The minimum Gasteiger partial charge on any atom is -0.375 e. The first-order valence-corrected chi connectivity index (χ1v) is 11.1. The Kier molecular flexibility index (Phi) is 5.96. The summed E-state index contributed by atoms with van der Waals surface area (Å²) < 4.78 is 21.8. The van der Waals surface area contributed by atoms with E-state index < -0.39 is 0 Å². The average molecular weight is 468 g/mol. The number of aryl methyl sites for hydroxylation is 1. The number of hydrogen-bond donors (Lipinski definition) is 0. The summed E-state index contributed by atoms with van der Waals surface area (Å²) in [6.07, 6.45) is 5.36. The number of aromatic nitrogens is 3. The van der Waals surface area contributed by atoms with Crippen molar-refractivity contribution < 1.29 is 9.13 Å². The largest absolute Gasteiger partial charge is 0.375 e. The molecule has 1 atom stereocenters. The molecule has 1 aliphatic heterocycles. The Hall–Kier alpha value is -2.73. The highest BCUT2D eigenvalue weighted by atomic mass is 35.5. The third kappa shape index (κ3) is 4.16. The minimum absolute atomic E-state index is 0.151. The van der Waals surface area contributed by atoms with E-state index in [-0.39, 0.29) is 11.9 Å². The Morgan fingerprint density at radius 3 is 2.50 bits per heavy atom. The molecule has 32 heavy (non-hydrogen) atoms. The number of nitrogens with zero attached hydrogens (tertiary/aromatic N) is 3. The summed E-state index contributed by atoms with van der Waals surface area (Å²) in [5.74, 6) is 0.749. The highest BCUT2D eigenvalue weighted by molar-refractivity contribution is 6.42. The van der Waals surface area contributed by atoms with Crippen LogP contribution in [0.15, 0.2) is 67.0 Å². The Labute approximate surface area is 195 Å². The Bertz CT molecular complexity index is 1240. The van der Waals surface area contributed by atoms with Crippen molar-refractivity contribution in [3.8, 4) is 22.5 Å². The number of benzene rings is 2. The molecule has 2 aromatic carbocycles. The number of rotatable bonds is 6. The van der Waals surface area contributed by atoms with Gasteiger partial charge in [-0.05, 0) is 60.5 Å². The van der Waals surface area contributed by atoms with E-state index in [0.717, 1.165) is 46.7 Å². The number of fused-ring (bicyclic) bond motifs is 1. The van der Waals surface area contributed by atoms with Crippen molar-refractivity contribution in [3.05, 3.63) is 94.2 Å². The third-order valence-electron chi connectivity index (χ3n) is 5.68. The molecule has 5 rings (SSSR count). The van der Waals surface area contributed by atoms with Crippen molar-refractivity contribution in [3.63, 3.8) is 0 Å². The lowest BCUT2D eigenvalue weighted by Gasteiger charge is -2.18. The molecule has 0 spiro atoms. The second-order valence-corrected chi connectivity index (χ2v) is 8.61. The second-order valence-electron chi connectivity index (χ2n) is 7.79. The van der Waals surface area contributed by atoms with Gasteiger partial charge in [0, 0.05) is 29.9 Å². The lowest BCUT2D eigenvalue weighted by molar-refractivity contribution is 0.0925. The van der Waals surface area contributed by atoms with E-state index in [0.29, 0.717) is 23.3 Å². The Morgan fingerprint density at radius 1 is 0.969 bits per heavy atom. The van der Waals surface area contributed by atoms with Crippen LogP contribution < -0.4 is 0 Å². The van der Waals surface area contributed by atoms with Gasteiger partial charge in [-0.2, -0.15) is 0 Å². The molecule has 1 aliphatic rings. The molecule has 0 radical (unpaired) electrons. The standard InChI is InChI=1S/C25H20Cl2FN3O/c26-21-7-1-16(13-22(21)27)14-32-15-20-6-8-23-30-24(17-2-4-19(28)5-3-17)25(31(20)23)18-9-11-29-12-10-18/h1-5,7,9-13,20H,6,8,14-15H2/t20-/m0/s1. The van der Waals surface area contributed by atoms with Crippen molar-refractivity contribution >= 4 is 23.2 Å². The number of ether oxygens (including phenoxy) is 1. The van der Waals surface area contributed by atoms with Crippen molar-refractivity contribution in [1.82, 2.24) is 14.5 Å². The van der Waals surface area contributed by atoms with Crippen LogP contribution in [0, 0.1) is 5.82 Å². The van der Waals surface area contributed by atoms with E-state index in [4.69, 9.17) is 32.9 Å². The molecular formula is C25H20Cl2FN3O. The average Bonchev–Trinajstić information content (AvgIpc) is 3.37. The monoisotopic (exact) mass is 467 g/mol. The summed E-state index contributed by atoms with van der Waals surface area (Å²) >= 11 is 12.1. The molecule has 0 aliphatic carbocycles. The van der Waals surface area contributed by atoms with E-state index in [2.05, 4.69) is 9.55 Å². The highest BCUT2D eigenvalue weighted by Gasteiger charge is 2.30. The van der Waals surface area contributed by atoms with Gasteiger partial charge in [0.1, 0.15) is 11.6 Å². The molecule has 0 bridgehead atoms. The number of hydrogen-bond acceptors (Lipinski definition) is 3. The first kappa shape index (κ1) is 21.1. The first-order valence-electron chi connectivity index (χ1n) is 10.4. The number of halogens is 3. The van der Waals surface area contributed by atoms with Gasteiger partial charge in [0.15, 0.2) is 0 Å². The van der Waals surface area contributed by atoms with Crippen LogP contribution in [0.25, 0.3) is 22.5 Å². The van der Waals surface area contributed by atoms with Crippen molar-refractivity contribution in [2.24, 2.45) is 0 Å². The molecule has 0 saturated carbocycles. The second kappa shape index (κ2) is 9.02. The molecule has 0 fully saturated rings. The van der Waals surface area contributed by atoms with Gasteiger partial charge in [0.05, 0.1) is 40.7 Å². The van der Waals surface area contributed by atoms with Crippen LogP contribution in [-0.2, 0) is 17.8 Å². The van der Waals surface area contributed by atoms with Crippen LogP contribution in [-0.4, -0.2) is 21.1 Å². The van der Waals surface area contributed by atoms with Gasteiger partial charge in [0.25, 0.3) is 0 Å². The maximum Gasteiger partial charge on any atom is 0.123 e. The van der Waals surface area contributed by atoms with Gasteiger partial charge in [-0.15, -0.1) is 0 Å². The van der Waals surface area contributed by atoms with Gasteiger partial charge in [-0.1, -0.05) is 29.3 Å². The molecule has 0 N–H and O–H groups in total. The van der Waals surface area contributed by atoms with Crippen LogP contribution in [0.5, 0.6) is 0 Å². The molecule has 4 nitrogen and oxygen atoms in total. The van der Waals surface area contributed by atoms with Crippen LogP contribution in [0.2, 0.25) is 10.0 Å². The molecule has 0 amide bonds. The van der Waals surface area contributed by atoms with Crippen molar-refractivity contribution in [1.29, 1.82) is 0 Å². The van der Waals surface area contributed by atoms with Crippen molar-refractivity contribution in [2.45, 2.75) is 25.5 Å². The van der Waals surface area contributed by atoms with Gasteiger partial charge in [-0.3, -0.25) is 4.98 Å². The quantitative estimate of drug-likeness (QED) is 0.314. The molecular weight excluding hydrogens is 448 g/mol. The Balaban J connectivity index is 1.45. The van der Waals surface area contributed by atoms with Gasteiger partial charge >= 0.3 is 0 Å². The molecule has 2 aromatic heterocycles. The van der Waals surface area contributed by atoms with Crippen LogP contribution in [0.3, 0.4) is 0 Å². The predicted molar refractivity (Wildman–Crippen MR) is 124 cm³/mol. The van der Waals surface area contributed by atoms with E-state index in [9.17, 15) is 4.39 Å². The van der Waals surface area contributed by atoms with Crippen LogP contribution in [0.4, 0.5) is 4.39 Å². The lowest BCUT2D eigenvalue weighted by Crippen LogP contribution is -2.13. The zero-order valence-corrected chi connectivity index (χ0v) is 18.7. The fourth-order valence-electron chi connectivity index (χ4n) is 4.17. The van der Waals surface area contributed by atoms with Crippen LogP contribution in [0.1, 0.15) is 23.9 Å². The Morgan fingerprint density at radius 2 is 1.75 bits per heavy atom. The molecule has 162 valence electrons. The molecule has 4 aromatic rings. The number of imidazole rings is 1. The summed E-state index contributed by atoms with van der Waals surface area (Å²) in [7, 11) is 0. The van der Waals surface area contributed by atoms with E-state index in [1.54, 1.807) is 30.6 Å². The van der Waals surface area contributed by atoms with Crippen LogP contribution >= 0.6 is 23.2 Å². The van der Waals surface area contributed by atoms with Gasteiger partial charge in [0.2, 0.25) is 0 Å². The third-order valence-corrected chi connectivity index (χ3v) is 6.42. The minimum atomic E-state index is -0.264. The maximum absolute atomic E-state index is 13.5. The maximum atomic E-state index is 13.5. The summed E-state index contributed by atoms with van der Waals surface area (Å²) in [5.41, 5.74) is 4.74. The van der Waals surface area contributed by atoms with Crippen molar-refractivity contribution in [2.75, 3.05) is 6.61 Å². The van der Waals surface area contributed by atoms with Gasteiger partial charge < -0.3 is 9.30 Å². The van der Waals surface area contributed by atoms with E-state index >= 15 is 0 Å². The summed E-state index contributed by atoms with van der Waals surface area (Å²) in [5, 5.41) is 1.05. The number of pyridine rings is 1. The fourth-order valence-corrected chi connectivity index (χ4v) is 4.49. The SMILES string of the molecule is Fc1ccc(-c2nc3n(c2-c2ccncc2)[C@H](COCc2ccc(Cl)c(Cl)c2)CC3)cc1. The summed E-state index contributed by atoms with van der Waals surface area (Å²) in [6.45, 7) is 0.997. The summed E-state index contributed by atoms with van der Waals surface area (Å²) in [4.78, 5) is 9.09. The molecule has 0 unspecified atom stereocenters. The molecule has 0 saturated heterocycles. The highest BCUT2D eigenvalue weighted by Crippen LogP contribution is 2.39. The summed E-state index contributed by atoms with van der Waals surface area (Å²) in [6, 6.07) is 16.1. The van der Waals surface area contributed by atoms with Gasteiger partial charge in [-0.25, -0.2) is 9.37 Å². The first-order chi connectivity index (χ1) is 15.6. The molecule has 3 heterocycles.